The van der Waals surface area contributed by atoms with Gasteiger partial charge >= 0.3 is 53.7 Å². The molecule has 0 spiro atoms. The smallest absolute Gasteiger partial charge is 0.335 e. The average Bonchev–Trinajstić information content (AvgIpc) is 0.800. The van der Waals surface area contributed by atoms with Crippen LogP contribution in [0.4, 0.5) is 0 Å². The molecule has 6 aliphatic heterocycles. The summed E-state index contributed by atoms with van der Waals surface area (Å²) in [6.45, 7) is 6.74. The summed E-state index contributed by atoms with van der Waals surface area (Å²) in [5.41, 5.74) is 6.05. The number of carboxylic acid groups (broad SMARTS) is 3. The van der Waals surface area contributed by atoms with Crippen LogP contribution in [0.2, 0.25) is 0 Å². The summed E-state index contributed by atoms with van der Waals surface area (Å²) in [7, 11) is 1.16. The maximum Gasteiger partial charge on any atom is 0.335 e. The number of aliphatic hydroxyl groups is 7. The molecule has 29 atom stereocenters. The Bertz CT molecular complexity index is 3300. The zero-order valence-corrected chi connectivity index (χ0v) is 66.3. The van der Waals surface area contributed by atoms with Gasteiger partial charge in [-0.1, -0.05) is 13.5 Å². The van der Waals surface area contributed by atoms with Crippen molar-refractivity contribution in [3.63, 3.8) is 0 Å². The molecule has 0 saturated carbocycles. The van der Waals surface area contributed by atoms with Gasteiger partial charge in [-0.05, 0) is 26.0 Å². The molecular formula is C68H104N4O43S2. The summed E-state index contributed by atoms with van der Waals surface area (Å²) in [6.07, 6.45) is -50.4. The fraction of sp³-hybridized carbons (Fsp3) is 0.794. The highest BCUT2D eigenvalue weighted by Gasteiger charge is 2.57. The average molecular weight is 1730 g/mol. The van der Waals surface area contributed by atoms with Crippen LogP contribution in [0.1, 0.15) is 92.9 Å². The highest BCUT2D eigenvalue weighted by Crippen LogP contribution is 2.37. The van der Waals surface area contributed by atoms with E-state index in [9.17, 15) is 109 Å². The standard InChI is InChI=1S/C68H104N4O43S2/c1-27(2)62(93)98-16-14-96-43(77)9-11-45(79)101-24-42-39(113-114-67-51(85)49(83)54(57(109-67)60(89)90)107-64-34(70-30(5)74)19-37(111-95-8)40(22-73)103-64)21-36(72-32(7)76)66(105-42)108-55-50(84)52(86)68(110-58(55)61(91)92)115-112-38-20-35(71-31(6)75)65(106-53-48(82)47(81)29(4)102-56(53)59(87)88)104-41(38)23-100-46(80)12-10-44(78)97-15-17-99-63(94)28(3)25-117-26-33(69)13-18-116/h28-29,33-42,47-58,64-68,73,81-86,116H,1,9-26,69H2,2-8H3,(H,70,74)(H,71,75)(H,72,76)(H,87,88)(H,89,90)(H,91,92)/t28-,29?,33?,34+,35+,36+,37+,38+,39+,40+,41?,42?,47?,48?,49?,50-,51?,52?,53-,54-,55-,56?,57?,58?,64+,65+,66+,67?,68?/m1/s1. The van der Waals surface area contributed by atoms with E-state index in [0.29, 0.717) is 23.7 Å². The number of hydrogen-bond acceptors (Lipinski definition) is 43. The Kier molecular flexibility index (Phi) is 41.1. The van der Waals surface area contributed by atoms with Gasteiger partial charge in [0, 0.05) is 63.2 Å². The maximum absolute atomic E-state index is 13.3. The van der Waals surface area contributed by atoms with Gasteiger partial charge in [0.1, 0.15) is 131 Å². The molecule has 6 aliphatic rings. The highest BCUT2D eigenvalue weighted by molar-refractivity contribution is 7.99. The van der Waals surface area contributed by atoms with Crippen LogP contribution >= 0.6 is 24.4 Å². The largest absolute Gasteiger partial charge is 0.479 e. The lowest BCUT2D eigenvalue weighted by Crippen LogP contribution is -2.65. The number of nitrogens with two attached hydrogens (primary N) is 1. The molecule has 0 aromatic heterocycles. The number of aliphatic carboxylic acids is 3. The lowest BCUT2D eigenvalue weighted by atomic mass is 9.94. The minimum Gasteiger partial charge on any atom is -0.479 e. The summed E-state index contributed by atoms with van der Waals surface area (Å²) in [6, 6.07) is -4.37. The molecule has 15 N–H and O–H groups in total. The second-order valence-electron chi connectivity index (χ2n) is 27.7. The lowest BCUT2D eigenvalue weighted by Gasteiger charge is -2.46. The zero-order valence-electron chi connectivity index (χ0n) is 64.6. The molecule has 0 aliphatic carbocycles. The number of hydrogen-bond donors (Lipinski definition) is 15. The van der Waals surface area contributed by atoms with Gasteiger partial charge in [0.15, 0.2) is 37.2 Å². The van der Waals surface area contributed by atoms with Crippen molar-refractivity contribution in [1.82, 2.24) is 16.0 Å². The number of thiol groups is 1. The number of nitrogens with one attached hydrogen (secondary N) is 3. The van der Waals surface area contributed by atoms with Crippen LogP contribution in [0.5, 0.6) is 0 Å². The van der Waals surface area contributed by atoms with Gasteiger partial charge in [-0.2, -0.15) is 24.4 Å². The molecule has 3 amide bonds. The Balaban J connectivity index is 1.20. The summed E-state index contributed by atoms with van der Waals surface area (Å²) < 4.78 is 83.5. The first kappa shape index (κ1) is 99.0. The highest BCUT2D eigenvalue weighted by atomic mass is 32.2. The van der Waals surface area contributed by atoms with Crippen molar-refractivity contribution in [2.75, 3.05) is 70.6 Å². The van der Waals surface area contributed by atoms with E-state index in [1.54, 1.807) is 6.92 Å². The number of rotatable bonds is 45. The molecule has 6 heterocycles. The number of carbonyl (C=O) groups excluding carboxylic acids is 9. The molecule has 0 aromatic carbocycles. The number of carbonyl (C=O) groups is 12. The molecule has 6 fully saturated rings. The Morgan fingerprint density at radius 2 is 0.855 bits per heavy atom. The molecule has 0 radical (unpaired) electrons. The second-order valence-corrected chi connectivity index (χ2v) is 29.2. The van der Waals surface area contributed by atoms with Gasteiger partial charge in [0.25, 0.3) is 0 Å². The fourth-order valence-corrected chi connectivity index (χ4v) is 13.7. The number of esters is 6. The molecular weight excluding hydrogens is 1620 g/mol. The van der Waals surface area contributed by atoms with Gasteiger partial charge in [0.2, 0.25) is 30.3 Å². The van der Waals surface area contributed by atoms with Crippen molar-refractivity contribution in [3.8, 4) is 0 Å². The SMILES string of the molecule is C=C(C)C(=O)OCCOC(=O)CCC(=O)OCC1O[C@@H](O[C@H]2C(C(=O)O)OC(OO[C@H]3C[C@H](NC(C)=O)[C@H](O[C@H]4C(C(=O)O)OC(C)C(O)C4O)OC3COC(=O)CCC(=O)OCCOC(=O)[C@H](C)CSCC(N)CCS)C(O)[C@H]2O)[C@@H](NC(C)=O)C[C@@H]1OOC1OC(C(=O)O)[C@H](O[C@@H]2O[C@@H](CO)[C@@H](OOC)C[C@@H]2NC(C)=O)C(O)C1O. The molecule has 47 nitrogen and oxygen atoms in total. The third-order valence-electron chi connectivity index (χ3n) is 18.3. The van der Waals surface area contributed by atoms with Gasteiger partial charge in [0.05, 0.1) is 69.5 Å². The van der Waals surface area contributed by atoms with Crippen molar-refractivity contribution in [2.24, 2.45) is 11.7 Å². The van der Waals surface area contributed by atoms with Crippen LogP contribution in [0.25, 0.3) is 0 Å². The van der Waals surface area contributed by atoms with Crippen LogP contribution in [-0.2, 0) is 158 Å². The number of thioether (sulfide) groups is 1. The Labute approximate surface area is 677 Å². The Morgan fingerprint density at radius 1 is 0.487 bits per heavy atom. The Morgan fingerprint density at radius 3 is 1.23 bits per heavy atom. The van der Waals surface area contributed by atoms with E-state index in [-0.39, 0.29) is 31.2 Å². The summed E-state index contributed by atoms with van der Waals surface area (Å²) >= 11 is 5.61. The van der Waals surface area contributed by atoms with E-state index in [1.807, 2.05) is 0 Å². The Hall–Kier alpha value is -6.84. The quantitative estimate of drug-likeness (QED) is 0.00513. The number of aliphatic hydroxyl groups excluding tert-OH is 7. The summed E-state index contributed by atoms with van der Waals surface area (Å²) in [5.74, 6) is -12.2. The fourth-order valence-electron chi connectivity index (χ4n) is 12.3. The van der Waals surface area contributed by atoms with E-state index >= 15 is 0 Å². The predicted molar refractivity (Wildman–Crippen MR) is 381 cm³/mol. The van der Waals surface area contributed by atoms with E-state index < -0.39 is 314 Å². The minimum absolute atomic E-state index is 0.0582. The molecule has 0 aromatic rings. The molecule has 6 saturated heterocycles. The topological polar surface area (TPSA) is 663 Å². The first-order valence-electron chi connectivity index (χ1n) is 36.8. The van der Waals surface area contributed by atoms with Crippen molar-refractivity contribution in [3.05, 3.63) is 12.2 Å². The van der Waals surface area contributed by atoms with Crippen LogP contribution in [-0.4, -0.2) is 365 Å². The van der Waals surface area contributed by atoms with Crippen LogP contribution in [0, 0.1) is 5.92 Å². The summed E-state index contributed by atoms with van der Waals surface area (Å²) in [5, 5.41) is 117. The van der Waals surface area contributed by atoms with Crippen LogP contribution in [0.15, 0.2) is 12.2 Å². The van der Waals surface area contributed by atoms with Crippen LogP contribution in [0.3, 0.4) is 0 Å². The van der Waals surface area contributed by atoms with E-state index in [1.165, 1.54) is 25.6 Å². The molecule has 49 heteroatoms. The lowest BCUT2D eigenvalue weighted by molar-refractivity contribution is -0.461. The number of carboxylic acids is 3. The minimum atomic E-state index is -2.47. The van der Waals surface area contributed by atoms with Crippen molar-refractivity contribution in [2.45, 2.75) is 265 Å². The van der Waals surface area contributed by atoms with Gasteiger partial charge < -0.3 is 144 Å². The van der Waals surface area contributed by atoms with Gasteiger partial charge in [-0.3, -0.25) is 38.4 Å². The number of ether oxygens (including phenoxy) is 15. The number of amides is 3. The molecule has 6 rings (SSSR count). The van der Waals surface area contributed by atoms with E-state index in [2.05, 4.69) is 35.2 Å². The third kappa shape index (κ3) is 30.4. The predicted octanol–water partition coefficient (Wildman–Crippen LogP) is -6.36. The summed E-state index contributed by atoms with van der Waals surface area (Å²) in [4.78, 5) is 185. The normalized spacial score (nSPS) is 33.6. The second kappa shape index (κ2) is 48.6. The first-order chi connectivity index (χ1) is 55.4. The van der Waals surface area contributed by atoms with E-state index in [4.69, 9.17) is 106 Å². The van der Waals surface area contributed by atoms with Crippen molar-refractivity contribution < 1.29 is 209 Å². The van der Waals surface area contributed by atoms with Gasteiger partial charge in [-0.15, -0.1) is 0 Å². The third-order valence-corrected chi connectivity index (χ3v) is 19.9. The molecule has 0 bridgehead atoms. The maximum atomic E-state index is 13.3. The zero-order chi connectivity index (χ0) is 86.7. The molecule has 14 unspecified atom stereocenters. The monoisotopic (exact) mass is 1730 g/mol. The van der Waals surface area contributed by atoms with Gasteiger partial charge in [-0.25, -0.2) is 48.5 Å². The van der Waals surface area contributed by atoms with Crippen molar-refractivity contribution in [1.29, 1.82) is 0 Å². The molecule has 666 valence electrons. The van der Waals surface area contributed by atoms with E-state index in [0.717, 1.165) is 27.9 Å². The first-order valence-corrected chi connectivity index (χ1v) is 38.6. The molecule has 117 heavy (non-hydrogen) atoms. The van der Waals surface area contributed by atoms with Crippen LogP contribution < -0.4 is 21.7 Å². The van der Waals surface area contributed by atoms with Crippen molar-refractivity contribution >= 4 is 95.8 Å².